The van der Waals surface area contributed by atoms with Crippen molar-refractivity contribution in [3.63, 3.8) is 0 Å². The zero-order valence-corrected chi connectivity index (χ0v) is 12.9. The molecule has 3 N–H and O–H groups in total. The number of amides is 1. The van der Waals surface area contributed by atoms with E-state index < -0.39 is 12.0 Å². The summed E-state index contributed by atoms with van der Waals surface area (Å²) in [6.45, 7) is 3.64. The van der Waals surface area contributed by atoms with Crippen LogP contribution in [0.4, 0.5) is 5.95 Å². The van der Waals surface area contributed by atoms with Crippen LogP contribution >= 0.6 is 23.4 Å². The van der Waals surface area contributed by atoms with E-state index in [-0.39, 0.29) is 22.0 Å². The van der Waals surface area contributed by atoms with Crippen LogP contribution in [0.2, 0.25) is 0 Å². The molecular weight excluding hydrogens is 328 g/mol. The van der Waals surface area contributed by atoms with E-state index in [1.807, 2.05) is 0 Å². The van der Waals surface area contributed by atoms with E-state index in [0.717, 1.165) is 5.69 Å². The topological polar surface area (TPSA) is 98.3 Å². The maximum absolute atomic E-state index is 12.2. The predicted molar refractivity (Wildman–Crippen MR) is 83.5 cm³/mol. The number of aliphatic carboxylic acids is 1. The van der Waals surface area contributed by atoms with Crippen molar-refractivity contribution in [2.75, 3.05) is 11.1 Å². The molecule has 0 saturated carbocycles. The number of hydrogen-bond donors (Lipinski definition) is 3. The molecule has 22 heavy (non-hydrogen) atoms. The lowest BCUT2D eigenvalue weighted by atomic mass is 10.1. The smallest absolute Gasteiger partial charge is 0.353 e. The number of thioether (sulfide) groups is 1. The molecule has 3 rings (SSSR count). The molecule has 116 valence electrons. The number of halogens is 1. The van der Waals surface area contributed by atoms with Gasteiger partial charge in [0.25, 0.3) is 5.91 Å². The predicted octanol–water partition coefficient (Wildman–Crippen LogP) is 1.37. The summed E-state index contributed by atoms with van der Waals surface area (Å²) < 4.78 is 0. The molecule has 9 heteroatoms. The number of nitrogens with zero attached hydrogens (tertiary/aromatic N) is 2. The third-order valence-corrected chi connectivity index (χ3v) is 5.15. The Bertz CT molecular complexity index is 687. The average molecular weight is 341 g/mol. The first-order chi connectivity index (χ1) is 10.5. The number of allylic oxidation sites excluding steroid dienone is 1. The van der Waals surface area contributed by atoms with E-state index in [4.69, 9.17) is 11.6 Å². The van der Waals surface area contributed by atoms with E-state index in [1.165, 1.54) is 16.7 Å². The number of β-lactam (4-membered cyclic amide) rings is 1. The molecule has 1 fully saturated rings. The molecule has 2 atom stereocenters. The van der Waals surface area contributed by atoms with Gasteiger partial charge in [-0.2, -0.15) is 0 Å². The lowest BCUT2D eigenvalue weighted by Crippen LogP contribution is -2.67. The third kappa shape index (κ3) is 2.38. The Hall–Kier alpha value is -1.93. The highest BCUT2D eigenvalue weighted by Gasteiger charge is 2.53. The van der Waals surface area contributed by atoms with Gasteiger partial charge in [0, 0.05) is 18.4 Å². The maximum Gasteiger partial charge on any atom is 0.353 e. The summed E-state index contributed by atoms with van der Waals surface area (Å²) in [4.78, 5) is 31.9. The number of carboxylic acid groups (broad SMARTS) is 1. The summed E-state index contributed by atoms with van der Waals surface area (Å²) >= 11 is 7.34. The molecule has 0 radical (unpaired) electrons. The van der Waals surface area contributed by atoms with Gasteiger partial charge in [0.05, 0.1) is 10.7 Å². The molecule has 1 saturated heterocycles. The van der Waals surface area contributed by atoms with Crippen molar-refractivity contribution in [3.05, 3.63) is 35.3 Å². The second kappa shape index (κ2) is 5.69. The van der Waals surface area contributed by atoms with Crippen molar-refractivity contribution in [1.82, 2.24) is 14.9 Å². The molecule has 1 aromatic heterocycles. The number of rotatable bonds is 5. The lowest BCUT2D eigenvalue weighted by Gasteiger charge is -2.48. The van der Waals surface area contributed by atoms with Crippen molar-refractivity contribution >= 4 is 41.2 Å². The van der Waals surface area contributed by atoms with Gasteiger partial charge in [-0.15, -0.1) is 18.3 Å². The van der Waals surface area contributed by atoms with Gasteiger partial charge in [-0.25, -0.2) is 9.78 Å². The fourth-order valence-electron chi connectivity index (χ4n) is 2.42. The number of carbonyl (C=O) groups is 2. The Morgan fingerprint density at radius 1 is 1.73 bits per heavy atom. The molecule has 0 spiro atoms. The van der Waals surface area contributed by atoms with E-state index >= 15 is 0 Å². The van der Waals surface area contributed by atoms with E-state index in [9.17, 15) is 14.7 Å². The van der Waals surface area contributed by atoms with Crippen LogP contribution in [0.25, 0.3) is 0 Å². The van der Waals surface area contributed by atoms with Crippen LogP contribution in [0, 0.1) is 0 Å². The highest BCUT2D eigenvalue weighted by molar-refractivity contribution is 8.00. The fraction of sp³-hybridized carbons (Fsp3) is 0.308. The van der Waals surface area contributed by atoms with Gasteiger partial charge < -0.3 is 15.4 Å². The molecule has 1 aromatic rings. The molecule has 0 bridgehead atoms. The van der Waals surface area contributed by atoms with Crippen LogP contribution in [0.5, 0.6) is 0 Å². The maximum atomic E-state index is 12.2. The summed E-state index contributed by atoms with van der Waals surface area (Å²) in [5.41, 5.74) is 0.687. The second-order valence-electron chi connectivity index (χ2n) is 4.82. The second-order valence-corrected chi connectivity index (χ2v) is 6.38. The molecule has 0 aliphatic carbocycles. The average Bonchev–Trinajstić information content (AvgIpc) is 2.92. The van der Waals surface area contributed by atoms with Gasteiger partial charge in [-0.3, -0.25) is 9.69 Å². The summed E-state index contributed by atoms with van der Waals surface area (Å²) in [5.74, 6) is -0.661. The zero-order valence-electron chi connectivity index (χ0n) is 11.4. The number of anilines is 1. The van der Waals surface area contributed by atoms with Crippen LogP contribution < -0.4 is 5.32 Å². The summed E-state index contributed by atoms with van der Waals surface area (Å²) in [7, 11) is 0. The standard InChI is InChI=1S/C13H13ClN4O3S/c1-2-3-6-4-15-13(16-6)17-8-10(19)18-9(12(20)21)7(14)5-22-11(8)18/h2,4,8,11H,1,3,5H2,(H,20,21)(H2,15,16,17)/t8?,11-/m0/s1. The number of aromatic nitrogens is 2. The molecule has 0 aromatic carbocycles. The van der Waals surface area contributed by atoms with Crippen LogP contribution in [0.1, 0.15) is 5.69 Å². The molecule has 1 unspecified atom stereocenters. The first-order valence-electron chi connectivity index (χ1n) is 6.51. The number of fused-ring (bicyclic) bond motifs is 1. The summed E-state index contributed by atoms with van der Waals surface area (Å²) in [6, 6.07) is -0.521. The number of imidazole rings is 1. The lowest BCUT2D eigenvalue weighted by molar-refractivity contribution is -0.147. The monoisotopic (exact) mass is 340 g/mol. The Morgan fingerprint density at radius 3 is 3.18 bits per heavy atom. The Kier molecular flexibility index (Phi) is 3.88. The van der Waals surface area contributed by atoms with Crippen LogP contribution in [0.15, 0.2) is 29.6 Å². The summed E-state index contributed by atoms with van der Waals surface area (Å²) in [5, 5.41) is 12.1. The highest BCUT2D eigenvalue weighted by Crippen LogP contribution is 2.42. The van der Waals surface area contributed by atoms with Crippen LogP contribution in [-0.2, 0) is 16.0 Å². The molecule has 1 amide bonds. The van der Waals surface area contributed by atoms with Gasteiger partial charge in [-0.05, 0) is 0 Å². The highest BCUT2D eigenvalue weighted by atomic mass is 35.5. The quantitative estimate of drug-likeness (QED) is 0.553. The number of H-pyrrole nitrogens is 1. The molecule has 3 heterocycles. The van der Waals surface area contributed by atoms with Gasteiger partial charge >= 0.3 is 5.97 Å². The number of aromatic amines is 1. The minimum absolute atomic E-state index is 0.125. The van der Waals surface area contributed by atoms with Crippen LogP contribution in [0.3, 0.4) is 0 Å². The van der Waals surface area contributed by atoms with Crippen molar-refractivity contribution in [3.8, 4) is 0 Å². The summed E-state index contributed by atoms with van der Waals surface area (Å²) in [6.07, 6.45) is 4.10. The Balaban J connectivity index is 1.75. The van der Waals surface area contributed by atoms with Gasteiger partial charge in [0.15, 0.2) is 0 Å². The van der Waals surface area contributed by atoms with Gasteiger partial charge in [0.1, 0.15) is 17.1 Å². The van der Waals surface area contributed by atoms with Crippen molar-refractivity contribution in [2.45, 2.75) is 17.8 Å². The number of nitrogens with one attached hydrogen (secondary N) is 2. The van der Waals surface area contributed by atoms with Gasteiger partial charge in [-0.1, -0.05) is 17.7 Å². The Morgan fingerprint density at radius 2 is 2.50 bits per heavy atom. The normalized spacial score (nSPS) is 23.9. The zero-order chi connectivity index (χ0) is 15.9. The molecule has 2 aliphatic rings. The minimum atomic E-state index is -1.19. The van der Waals surface area contributed by atoms with E-state index in [2.05, 4.69) is 21.9 Å². The molecular formula is C13H13ClN4O3S. The van der Waals surface area contributed by atoms with E-state index in [1.54, 1.807) is 12.3 Å². The van der Waals surface area contributed by atoms with Gasteiger partial charge in [0.2, 0.25) is 5.95 Å². The first kappa shape index (κ1) is 15.0. The molecule has 2 aliphatic heterocycles. The largest absolute Gasteiger partial charge is 0.477 e. The van der Waals surface area contributed by atoms with E-state index in [0.29, 0.717) is 18.1 Å². The van der Waals surface area contributed by atoms with Crippen LogP contribution in [-0.4, -0.2) is 49.0 Å². The van der Waals surface area contributed by atoms with Crippen molar-refractivity contribution in [1.29, 1.82) is 0 Å². The minimum Gasteiger partial charge on any atom is -0.477 e. The fourth-order valence-corrected chi connectivity index (χ4v) is 3.97. The number of hydrogen-bond acceptors (Lipinski definition) is 5. The third-order valence-electron chi connectivity index (χ3n) is 3.40. The molecule has 7 nitrogen and oxygen atoms in total. The SMILES string of the molecule is C=CCc1c[nH]c(NC2C(=O)N3C(C(=O)O)=C(Cl)CS[C@@H]23)n1. The van der Waals surface area contributed by atoms with Crippen molar-refractivity contribution < 1.29 is 14.7 Å². The first-order valence-corrected chi connectivity index (χ1v) is 7.94. The van der Waals surface area contributed by atoms with Crippen molar-refractivity contribution in [2.24, 2.45) is 0 Å². The Labute approximate surface area is 135 Å². The number of carbonyl (C=O) groups excluding carboxylic acids is 1. The number of carboxylic acids is 1.